The van der Waals surface area contributed by atoms with Crippen molar-refractivity contribution in [2.45, 2.75) is 70.6 Å². The zero-order valence-electron chi connectivity index (χ0n) is 22.3. The van der Waals surface area contributed by atoms with Crippen LogP contribution in [0.4, 0.5) is 8.78 Å². The largest absolute Gasteiger partial charge is 0.475 e. The third-order valence-corrected chi connectivity index (χ3v) is 6.93. The Balaban J connectivity index is 1.44. The lowest BCUT2D eigenvalue weighted by Gasteiger charge is -2.30. The van der Waals surface area contributed by atoms with E-state index in [9.17, 15) is 9.90 Å². The van der Waals surface area contributed by atoms with Crippen LogP contribution in [-0.2, 0) is 11.2 Å². The minimum atomic E-state index is -3.59. The van der Waals surface area contributed by atoms with E-state index in [4.69, 9.17) is 4.74 Å². The van der Waals surface area contributed by atoms with Gasteiger partial charge in [-0.1, -0.05) is 42.0 Å². The highest BCUT2D eigenvalue weighted by molar-refractivity contribution is 5.84. The van der Waals surface area contributed by atoms with Crippen LogP contribution in [0.15, 0.2) is 54.7 Å². The molecule has 204 valence electrons. The zero-order valence-corrected chi connectivity index (χ0v) is 22.3. The van der Waals surface area contributed by atoms with Crippen molar-refractivity contribution in [2.24, 2.45) is 0 Å². The van der Waals surface area contributed by atoms with Gasteiger partial charge in [-0.05, 0) is 75.5 Å². The van der Waals surface area contributed by atoms with Crippen molar-refractivity contribution >= 4 is 16.7 Å². The van der Waals surface area contributed by atoms with Crippen LogP contribution in [0, 0.1) is 6.92 Å². The number of halogens is 2. The number of amides is 1. The zero-order chi connectivity index (χ0) is 27.3. The lowest BCUT2D eigenvalue weighted by Crippen LogP contribution is -2.51. The molecule has 1 aliphatic heterocycles. The van der Waals surface area contributed by atoms with E-state index in [1.807, 2.05) is 57.2 Å². The van der Waals surface area contributed by atoms with Gasteiger partial charge in [-0.15, -0.1) is 0 Å². The third kappa shape index (κ3) is 7.26. The van der Waals surface area contributed by atoms with Crippen LogP contribution in [0.1, 0.15) is 55.9 Å². The first-order valence-electron chi connectivity index (χ1n) is 13.3. The number of nitrogens with zero attached hydrogens (tertiary/aromatic N) is 2. The topological polar surface area (TPSA) is 74.7 Å². The molecule has 1 aromatic heterocycles. The van der Waals surface area contributed by atoms with Crippen LogP contribution in [-0.4, -0.2) is 58.6 Å². The Morgan fingerprint density at radius 1 is 1.11 bits per heavy atom. The van der Waals surface area contributed by atoms with Crippen molar-refractivity contribution in [3.8, 4) is 5.88 Å². The number of pyridine rings is 1. The number of rotatable bonds is 11. The normalized spacial score (nSPS) is 16.1. The predicted molar refractivity (Wildman–Crippen MR) is 145 cm³/mol. The average Bonchev–Trinajstić information content (AvgIpc) is 3.39. The highest BCUT2D eigenvalue weighted by Crippen LogP contribution is 2.26. The number of hydrogen-bond acceptors (Lipinski definition) is 5. The monoisotopic (exact) mass is 525 g/mol. The fourth-order valence-electron chi connectivity index (χ4n) is 4.84. The summed E-state index contributed by atoms with van der Waals surface area (Å²) in [5, 5.41) is 15.6. The van der Waals surface area contributed by atoms with Crippen LogP contribution >= 0.6 is 0 Å². The Hall–Kier alpha value is -3.10. The molecule has 4 rings (SSSR count). The van der Waals surface area contributed by atoms with Crippen molar-refractivity contribution in [1.29, 1.82) is 0 Å². The molecular formula is C30H37F2N3O3. The summed E-state index contributed by atoms with van der Waals surface area (Å²) in [4.78, 5) is 19.1. The quantitative estimate of drug-likeness (QED) is 0.359. The SMILES string of the molecule is Cc1ccc2ccc(CCC(F)(F)C(=O)N[C@H](CN3CCCC3)[C@H](O)c3ccc(OC(C)C)nc3)cc2c1. The van der Waals surface area contributed by atoms with E-state index in [1.165, 1.54) is 6.20 Å². The number of fused-ring (bicyclic) bond motifs is 1. The molecule has 0 bridgehead atoms. The fourth-order valence-corrected chi connectivity index (χ4v) is 4.84. The lowest BCUT2D eigenvalue weighted by atomic mass is 9.99. The maximum Gasteiger partial charge on any atom is 0.324 e. The number of hydrogen-bond donors (Lipinski definition) is 2. The summed E-state index contributed by atoms with van der Waals surface area (Å²) in [7, 11) is 0. The molecule has 1 aliphatic rings. The van der Waals surface area contributed by atoms with E-state index >= 15 is 8.78 Å². The number of aromatic nitrogens is 1. The van der Waals surface area contributed by atoms with Gasteiger partial charge in [-0.25, -0.2) is 4.98 Å². The van der Waals surface area contributed by atoms with Crippen LogP contribution in [0.5, 0.6) is 5.88 Å². The van der Waals surface area contributed by atoms with Crippen molar-refractivity contribution in [3.63, 3.8) is 0 Å². The van der Waals surface area contributed by atoms with Gasteiger partial charge in [0, 0.05) is 30.8 Å². The van der Waals surface area contributed by atoms with E-state index in [0.717, 1.165) is 47.8 Å². The molecule has 0 saturated carbocycles. The Labute approximate surface area is 223 Å². The Kier molecular flexibility index (Phi) is 8.95. The van der Waals surface area contributed by atoms with Gasteiger partial charge in [0.25, 0.3) is 5.91 Å². The molecule has 38 heavy (non-hydrogen) atoms. The predicted octanol–water partition coefficient (Wildman–Crippen LogP) is 5.21. The van der Waals surface area contributed by atoms with Gasteiger partial charge >= 0.3 is 5.92 Å². The Morgan fingerprint density at radius 3 is 2.53 bits per heavy atom. The number of carbonyl (C=O) groups is 1. The van der Waals surface area contributed by atoms with Gasteiger partial charge < -0.3 is 20.1 Å². The Bertz CT molecular complexity index is 1230. The van der Waals surface area contributed by atoms with Gasteiger partial charge in [0.2, 0.25) is 5.88 Å². The molecule has 1 saturated heterocycles. The summed E-state index contributed by atoms with van der Waals surface area (Å²) in [5.74, 6) is -4.55. The molecule has 2 heterocycles. The number of likely N-dealkylation sites (tertiary alicyclic amines) is 1. The molecule has 8 heteroatoms. The van der Waals surface area contributed by atoms with E-state index in [2.05, 4.69) is 15.2 Å². The fraction of sp³-hybridized carbons (Fsp3) is 0.467. The number of alkyl halides is 2. The van der Waals surface area contributed by atoms with Crippen molar-refractivity contribution in [2.75, 3.05) is 19.6 Å². The molecule has 1 amide bonds. The summed E-state index contributed by atoms with van der Waals surface area (Å²) in [6, 6.07) is 14.0. The summed E-state index contributed by atoms with van der Waals surface area (Å²) >= 11 is 0. The van der Waals surface area contributed by atoms with Crippen LogP contribution in [0.25, 0.3) is 10.8 Å². The molecule has 2 atom stereocenters. The highest BCUT2D eigenvalue weighted by Gasteiger charge is 2.40. The van der Waals surface area contributed by atoms with Gasteiger partial charge in [0.15, 0.2) is 0 Å². The standard InChI is InChI=1S/C30H37F2N3O3/c1-20(2)38-27-11-10-24(18-33-27)28(36)26(19-35-14-4-5-15-35)34-29(37)30(31,32)13-12-22-7-9-23-8-6-21(3)16-25(23)17-22/h6-11,16-18,20,26,28,36H,4-5,12-15,19H2,1-3H3,(H,34,37)/t26-,28-/m1/s1. The van der Waals surface area contributed by atoms with Crippen molar-refractivity contribution < 1.29 is 23.4 Å². The minimum absolute atomic E-state index is 0.0542. The maximum absolute atomic E-state index is 15.1. The van der Waals surface area contributed by atoms with Crippen LogP contribution < -0.4 is 10.1 Å². The molecule has 0 radical (unpaired) electrons. The van der Waals surface area contributed by atoms with Gasteiger partial charge in [-0.2, -0.15) is 8.78 Å². The number of ether oxygens (including phenoxy) is 1. The van der Waals surface area contributed by atoms with Gasteiger partial charge in [0.05, 0.1) is 12.1 Å². The first kappa shape index (κ1) is 27.9. The minimum Gasteiger partial charge on any atom is -0.475 e. The third-order valence-electron chi connectivity index (χ3n) is 6.93. The van der Waals surface area contributed by atoms with Gasteiger partial charge in [-0.3, -0.25) is 4.79 Å². The summed E-state index contributed by atoms with van der Waals surface area (Å²) < 4.78 is 35.7. The molecule has 2 N–H and O–H groups in total. The number of nitrogens with one attached hydrogen (secondary N) is 1. The van der Waals surface area contributed by atoms with Crippen molar-refractivity contribution in [3.05, 3.63) is 71.4 Å². The second kappa shape index (κ2) is 12.2. The summed E-state index contributed by atoms with van der Waals surface area (Å²) in [6.45, 7) is 7.63. The second-order valence-electron chi connectivity index (χ2n) is 10.5. The van der Waals surface area contributed by atoms with E-state index < -0.39 is 30.4 Å². The maximum atomic E-state index is 15.1. The molecule has 1 fully saturated rings. The van der Waals surface area contributed by atoms with E-state index in [1.54, 1.807) is 12.1 Å². The van der Waals surface area contributed by atoms with Crippen LogP contribution in [0.2, 0.25) is 0 Å². The summed E-state index contributed by atoms with van der Waals surface area (Å²) in [5.41, 5.74) is 2.28. The number of aliphatic hydroxyl groups is 1. The molecule has 3 aromatic rings. The number of aryl methyl sites for hydroxylation is 2. The van der Waals surface area contributed by atoms with E-state index in [0.29, 0.717) is 11.4 Å². The second-order valence-corrected chi connectivity index (χ2v) is 10.5. The first-order valence-corrected chi connectivity index (χ1v) is 13.3. The number of benzene rings is 2. The number of carbonyl (C=O) groups excluding carboxylic acids is 1. The van der Waals surface area contributed by atoms with Gasteiger partial charge in [0.1, 0.15) is 6.10 Å². The molecule has 2 aromatic carbocycles. The molecule has 0 unspecified atom stereocenters. The summed E-state index contributed by atoms with van der Waals surface area (Å²) in [6.07, 6.45) is 1.66. The average molecular weight is 526 g/mol. The van der Waals surface area contributed by atoms with Crippen molar-refractivity contribution in [1.82, 2.24) is 15.2 Å². The molecule has 0 spiro atoms. The van der Waals surface area contributed by atoms with E-state index in [-0.39, 0.29) is 19.1 Å². The number of aliphatic hydroxyl groups excluding tert-OH is 1. The smallest absolute Gasteiger partial charge is 0.324 e. The molecular weight excluding hydrogens is 488 g/mol. The van der Waals surface area contributed by atoms with Crippen LogP contribution in [0.3, 0.4) is 0 Å². The highest BCUT2D eigenvalue weighted by atomic mass is 19.3. The lowest BCUT2D eigenvalue weighted by molar-refractivity contribution is -0.148. The Morgan fingerprint density at radius 2 is 1.84 bits per heavy atom. The molecule has 6 nitrogen and oxygen atoms in total. The first-order chi connectivity index (χ1) is 18.1. The molecule has 0 aliphatic carbocycles.